The van der Waals surface area contributed by atoms with Crippen LogP contribution in [0.1, 0.15) is 35.2 Å². The van der Waals surface area contributed by atoms with E-state index < -0.39 is 23.6 Å². The van der Waals surface area contributed by atoms with Crippen LogP contribution in [-0.2, 0) is 16.0 Å². The van der Waals surface area contributed by atoms with Crippen LogP contribution in [0.3, 0.4) is 0 Å². The van der Waals surface area contributed by atoms with Crippen LogP contribution in [0.25, 0.3) is 0 Å². The molecule has 1 unspecified atom stereocenters. The second-order valence-corrected chi connectivity index (χ2v) is 5.97. The predicted molar refractivity (Wildman–Crippen MR) is 79.6 cm³/mol. The summed E-state index contributed by atoms with van der Waals surface area (Å²) in [5.74, 6) is -2.90. The first kappa shape index (κ1) is 15.5. The number of benzene rings is 1. The summed E-state index contributed by atoms with van der Waals surface area (Å²) in [5, 5.41) is 11.7. The third-order valence-electron chi connectivity index (χ3n) is 4.38. The van der Waals surface area contributed by atoms with Crippen LogP contribution >= 0.6 is 0 Å². The Labute approximate surface area is 132 Å². The normalized spacial score (nSPS) is 20.7. The summed E-state index contributed by atoms with van der Waals surface area (Å²) < 4.78 is 14.3. The van der Waals surface area contributed by atoms with Crippen molar-refractivity contribution in [2.75, 3.05) is 18.4 Å². The average molecular weight is 320 g/mol. The molecule has 23 heavy (non-hydrogen) atoms. The van der Waals surface area contributed by atoms with Crippen LogP contribution in [0.15, 0.2) is 12.1 Å². The Morgan fingerprint density at radius 2 is 2.09 bits per heavy atom. The lowest BCUT2D eigenvalue weighted by molar-refractivity contribution is -0.143. The molecule has 1 aromatic carbocycles. The Bertz CT molecular complexity index is 689. The van der Waals surface area contributed by atoms with Crippen molar-refractivity contribution >= 4 is 23.5 Å². The van der Waals surface area contributed by atoms with Crippen molar-refractivity contribution in [2.24, 2.45) is 5.92 Å². The Morgan fingerprint density at radius 3 is 2.83 bits per heavy atom. The number of fused-ring (bicyclic) bond motifs is 1. The third kappa shape index (κ3) is 3.04. The van der Waals surface area contributed by atoms with Gasteiger partial charge in [-0.2, -0.15) is 0 Å². The molecule has 2 amide bonds. The lowest BCUT2D eigenvalue weighted by atomic mass is 9.96. The number of carboxylic acids is 1. The van der Waals surface area contributed by atoms with Crippen molar-refractivity contribution in [3.8, 4) is 0 Å². The zero-order valence-electron chi connectivity index (χ0n) is 12.5. The smallest absolute Gasteiger partial charge is 0.308 e. The lowest BCUT2D eigenvalue weighted by Gasteiger charge is -2.31. The van der Waals surface area contributed by atoms with Crippen molar-refractivity contribution in [3.63, 3.8) is 0 Å². The maximum Gasteiger partial charge on any atom is 0.308 e. The van der Waals surface area contributed by atoms with Gasteiger partial charge in [0.15, 0.2) is 0 Å². The minimum atomic E-state index is -0.934. The molecule has 7 heteroatoms. The van der Waals surface area contributed by atoms with Crippen molar-refractivity contribution in [2.45, 2.75) is 25.7 Å². The summed E-state index contributed by atoms with van der Waals surface area (Å²) >= 11 is 0. The van der Waals surface area contributed by atoms with Gasteiger partial charge in [0.25, 0.3) is 5.91 Å². The lowest BCUT2D eigenvalue weighted by Crippen LogP contribution is -2.42. The molecule has 1 atom stereocenters. The number of amides is 2. The van der Waals surface area contributed by atoms with Crippen molar-refractivity contribution in [1.29, 1.82) is 0 Å². The molecule has 0 radical (unpaired) electrons. The number of hydrogen-bond donors (Lipinski definition) is 2. The molecule has 1 saturated heterocycles. The summed E-state index contributed by atoms with van der Waals surface area (Å²) in [7, 11) is 0. The van der Waals surface area contributed by atoms with Gasteiger partial charge in [0.1, 0.15) is 5.82 Å². The first-order chi connectivity index (χ1) is 11.0. The summed E-state index contributed by atoms with van der Waals surface area (Å²) in [6.45, 7) is 0.525. The number of aryl methyl sites for hydroxylation is 1. The number of aliphatic carboxylic acids is 1. The fourth-order valence-corrected chi connectivity index (χ4v) is 3.10. The number of hydrogen-bond acceptors (Lipinski definition) is 3. The quantitative estimate of drug-likeness (QED) is 0.867. The van der Waals surface area contributed by atoms with E-state index in [2.05, 4.69) is 5.32 Å². The molecular weight excluding hydrogens is 303 g/mol. The van der Waals surface area contributed by atoms with E-state index in [0.717, 1.165) is 11.6 Å². The molecule has 0 spiro atoms. The van der Waals surface area contributed by atoms with Crippen molar-refractivity contribution in [3.05, 3.63) is 29.1 Å². The van der Waals surface area contributed by atoms with E-state index in [0.29, 0.717) is 37.9 Å². The van der Waals surface area contributed by atoms with Gasteiger partial charge in [-0.15, -0.1) is 0 Å². The summed E-state index contributed by atoms with van der Waals surface area (Å²) in [4.78, 5) is 36.4. The van der Waals surface area contributed by atoms with Crippen LogP contribution < -0.4 is 5.32 Å². The number of carbonyl (C=O) groups is 3. The number of likely N-dealkylation sites (tertiary alicyclic amines) is 1. The first-order valence-corrected chi connectivity index (χ1v) is 7.60. The summed E-state index contributed by atoms with van der Waals surface area (Å²) in [5.41, 5.74) is 1.06. The van der Waals surface area contributed by atoms with E-state index in [9.17, 15) is 18.8 Å². The Morgan fingerprint density at radius 1 is 1.30 bits per heavy atom. The van der Waals surface area contributed by atoms with E-state index in [1.807, 2.05) is 0 Å². The van der Waals surface area contributed by atoms with Gasteiger partial charge in [0, 0.05) is 25.2 Å². The van der Waals surface area contributed by atoms with Gasteiger partial charge in [-0.25, -0.2) is 4.39 Å². The number of halogens is 1. The molecule has 1 aromatic rings. The maximum atomic E-state index is 14.3. The Hall–Kier alpha value is -2.44. The first-order valence-electron chi connectivity index (χ1n) is 7.60. The zero-order chi connectivity index (χ0) is 16.6. The van der Waals surface area contributed by atoms with Crippen LogP contribution in [0, 0.1) is 11.7 Å². The number of carboxylic acid groups (broad SMARTS) is 1. The number of rotatable bonds is 2. The Kier molecular flexibility index (Phi) is 4.02. The van der Waals surface area contributed by atoms with Gasteiger partial charge in [-0.3, -0.25) is 14.4 Å². The molecule has 2 aliphatic heterocycles. The largest absolute Gasteiger partial charge is 0.481 e. The molecule has 122 valence electrons. The molecule has 2 aliphatic rings. The number of nitrogens with zero attached hydrogens (tertiary/aromatic N) is 1. The zero-order valence-corrected chi connectivity index (χ0v) is 12.5. The molecule has 1 fully saturated rings. The molecule has 0 bridgehead atoms. The standard InChI is InChI=1S/C16H17FN2O4/c17-12-7-13-9(3-4-14(20)18-13)6-11(12)15(21)19-5-1-2-10(8-19)16(22)23/h6-7,10H,1-5,8H2,(H,18,20)(H,22,23). The molecule has 6 nitrogen and oxygen atoms in total. The average Bonchev–Trinajstić information content (AvgIpc) is 2.53. The fourth-order valence-electron chi connectivity index (χ4n) is 3.10. The van der Waals surface area contributed by atoms with Crippen LogP contribution in [0.5, 0.6) is 0 Å². The maximum absolute atomic E-state index is 14.3. The number of carbonyl (C=O) groups excluding carboxylic acids is 2. The Balaban J connectivity index is 1.85. The molecular formula is C16H17FN2O4. The molecule has 2 N–H and O–H groups in total. The highest BCUT2D eigenvalue weighted by molar-refractivity contribution is 5.98. The van der Waals surface area contributed by atoms with Gasteiger partial charge in [-0.1, -0.05) is 0 Å². The van der Waals surface area contributed by atoms with Crippen molar-refractivity contribution in [1.82, 2.24) is 4.90 Å². The number of anilines is 1. The summed E-state index contributed by atoms with van der Waals surface area (Å²) in [6.07, 6.45) is 1.87. The van der Waals surface area contributed by atoms with E-state index >= 15 is 0 Å². The van der Waals surface area contributed by atoms with Gasteiger partial charge < -0.3 is 15.3 Å². The number of piperidine rings is 1. The molecule has 3 rings (SSSR count). The monoisotopic (exact) mass is 320 g/mol. The van der Waals surface area contributed by atoms with E-state index in [-0.39, 0.29) is 18.0 Å². The topological polar surface area (TPSA) is 86.7 Å². The van der Waals surface area contributed by atoms with Crippen LogP contribution in [-0.4, -0.2) is 40.9 Å². The second kappa shape index (κ2) is 5.98. The SMILES string of the molecule is O=C1CCc2cc(C(=O)N3CCCC(C(=O)O)C3)c(F)cc2N1. The highest BCUT2D eigenvalue weighted by atomic mass is 19.1. The minimum absolute atomic E-state index is 0.0639. The predicted octanol–water partition coefficient (Wildman–Crippen LogP) is 1.65. The van der Waals surface area contributed by atoms with E-state index in [4.69, 9.17) is 5.11 Å². The van der Waals surface area contributed by atoms with Crippen molar-refractivity contribution < 1.29 is 23.9 Å². The highest BCUT2D eigenvalue weighted by Gasteiger charge is 2.30. The third-order valence-corrected chi connectivity index (χ3v) is 4.38. The minimum Gasteiger partial charge on any atom is -0.481 e. The summed E-state index contributed by atoms with van der Waals surface area (Å²) in [6, 6.07) is 2.63. The molecule has 0 saturated carbocycles. The highest BCUT2D eigenvalue weighted by Crippen LogP contribution is 2.27. The van der Waals surface area contributed by atoms with Crippen LogP contribution in [0.4, 0.5) is 10.1 Å². The van der Waals surface area contributed by atoms with Gasteiger partial charge in [0.2, 0.25) is 5.91 Å². The molecule has 0 aromatic heterocycles. The van der Waals surface area contributed by atoms with Gasteiger partial charge >= 0.3 is 5.97 Å². The molecule has 0 aliphatic carbocycles. The van der Waals surface area contributed by atoms with Gasteiger partial charge in [0.05, 0.1) is 11.5 Å². The fraction of sp³-hybridized carbons (Fsp3) is 0.438. The second-order valence-electron chi connectivity index (χ2n) is 5.97. The molecule has 2 heterocycles. The van der Waals surface area contributed by atoms with Gasteiger partial charge in [-0.05, 0) is 37.0 Å². The van der Waals surface area contributed by atoms with E-state index in [1.54, 1.807) is 0 Å². The number of nitrogens with one attached hydrogen (secondary N) is 1. The van der Waals surface area contributed by atoms with E-state index in [1.165, 1.54) is 11.0 Å². The van der Waals surface area contributed by atoms with Crippen LogP contribution in [0.2, 0.25) is 0 Å².